The van der Waals surface area contributed by atoms with Gasteiger partial charge in [-0.2, -0.15) is 0 Å². The first-order chi connectivity index (χ1) is 12.2. The van der Waals surface area contributed by atoms with Crippen molar-refractivity contribution in [2.24, 2.45) is 0 Å². The minimum absolute atomic E-state index is 0.257. The van der Waals surface area contributed by atoms with Gasteiger partial charge in [-0.05, 0) is 36.4 Å². The van der Waals surface area contributed by atoms with Gasteiger partial charge in [-0.3, -0.25) is 9.20 Å². The standard InChI is InChI=1S/C18H12ClN5O/c19-15-11-13(7-8-20-15)18(25)21-14-5-3-4-12(10-14)17-23-22-16-6-1-2-9-24(16)17/h1-11H,(H,21,25). The van der Waals surface area contributed by atoms with Crippen molar-refractivity contribution >= 4 is 28.8 Å². The zero-order chi connectivity index (χ0) is 17.2. The van der Waals surface area contributed by atoms with E-state index >= 15 is 0 Å². The van der Waals surface area contributed by atoms with E-state index in [1.807, 2.05) is 53.1 Å². The van der Waals surface area contributed by atoms with Gasteiger partial charge in [0.15, 0.2) is 11.5 Å². The van der Waals surface area contributed by atoms with Gasteiger partial charge in [-0.1, -0.05) is 29.8 Å². The molecule has 7 heteroatoms. The van der Waals surface area contributed by atoms with Crippen molar-refractivity contribution in [3.05, 3.63) is 77.7 Å². The highest BCUT2D eigenvalue weighted by Gasteiger charge is 2.10. The van der Waals surface area contributed by atoms with Gasteiger partial charge in [0.1, 0.15) is 5.15 Å². The zero-order valence-corrected chi connectivity index (χ0v) is 13.7. The fourth-order valence-electron chi connectivity index (χ4n) is 2.52. The summed E-state index contributed by atoms with van der Waals surface area (Å²) in [6.07, 6.45) is 3.39. The molecule has 1 amide bonds. The Morgan fingerprint density at radius 2 is 1.96 bits per heavy atom. The van der Waals surface area contributed by atoms with E-state index in [1.165, 1.54) is 12.3 Å². The van der Waals surface area contributed by atoms with Crippen LogP contribution in [-0.2, 0) is 0 Å². The van der Waals surface area contributed by atoms with Crippen molar-refractivity contribution in [3.63, 3.8) is 0 Å². The summed E-state index contributed by atoms with van der Waals surface area (Å²) < 4.78 is 1.89. The summed E-state index contributed by atoms with van der Waals surface area (Å²) in [4.78, 5) is 16.2. The van der Waals surface area contributed by atoms with Crippen LogP contribution in [0.2, 0.25) is 5.15 Å². The van der Waals surface area contributed by atoms with Gasteiger partial charge < -0.3 is 5.32 Å². The average molecular weight is 350 g/mol. The molecule has 122 valence electrons. The summed E-state index contributed by atoms with van der Waals surface area (Å²) in [5, 5.41) is 11.5. The first kappa shape index (κ1) is 15.3. The SMILES string of the molecule is O=C(Nc1cccc(-c2nnc3ccccn23)c1)c1ccnc(Cl)c1. The summed E-state index contributed by atoms with van der Waals surface area (Å²) >= 11 is 5.83. The number of aromatic nitrogens is 4. The molecule has 0 saturated carbocycles. The van der Waals surface area contributed by atoms with E-state index in [0.29, 0.717) is 17.1 Å². The van der Waals surface area contributed by atoms with Crippen molar-refractivity contribution < 1.29 is 4.79 Å². The lowest BCUT2D eigenvalue weighted by molar-refractivity contribution is 0.102. The maximum absolute atomic E-state index is 12.3. The lowest BCUT2D eigenvalue weighted by Crippen LogP contribution is -2.12. The van der Waals surface area contributed by atoms with Crippen LogP contribution >= 0.6 is 11.6 Å². The molecular weight excluding hydrogens is 338 g/mol. The Labute approximate surface area is 148 Å². The van der Waals surface area contributed by atoms with Crippen LogP contribution in [0.25, 0.3) is 17.0 Å². The van der Waals surface area contributed by atoms with Crippen molar-refractivity contribution in [2.75, 3.05) is 5.32 Å². The third-order valence-corrected chi connectivity index (χ3v) is 3.89. The predicted molar refractivity (Wildman–Crippen MR) is 95.6 cm³/mol. The fraction of sp³-hybridized carbons (Fsp3) is 0. The van der Waals surface area contributed by atoms with Crippen LogP contribution in [0.4, 0.5) is 5.69 Å². The van der Waals surface area contributed by atoms with E-state index < -0.39 is 0 Å². The number of carbonyl (C=O) groups is 1. The van der Waals surface area contributed by atoms with Crippen molar-refractivity contribution in [3.8, 4) is 11.4 Å². The summed E-state index contributed by atoms with van der Waals surface area (Å²) in [7, 11) is 0. The third-order valence-electron chi connectivity index (χ3n) is 3.68. The summed E-state index contributed by atoms with van der Waals surface area (Å²) in [5.74, 6) is 0.450. The zero-order valence-electron chi connectivity index (χ0n) is 12.9. The second-order valence-electron chi connectivity index (χ2n) is 5.35. The summed E-state index contributed by atoms with van der Waals surface area (Å²) in [6.45, 7) is 0. The monoisotopic (exact) mass is 349 g/mol. The lowest BCUT2D eigenvalue weighted by Gasteiger charge is -2.07. The molecule has 0 fully saturated rings. The molecule has 0 radical (unpaired) electrons. The van der Waals surface area contributed by atoms with Crippen LogP contribution in [0, 0.1) is 0 Å². The Morgan fingerprint density at radius 1 is 1.04 bits per heavy atom. The van der Waals surface area contributed by atoms with Crippen molar-refractivity contribution in [1.82, 2.24) is 19.6 Å². The number of amides is 1. The van der Waals surface area contributed by atoms with Crippen LogP contribution < -0.4 is 5.32 Å². The van der Waals surface area contributed by atoms with E-state index in [1.54, 1.807) is 6.07 Å². The molecule has 6 nitrogen and oxygen atoms in total. The molecule has 0 saturated heterocycles. The number of hydrogen-bond donors (Lipinski definition) is 1. The van der Waals surface area contributed by atoms with E-state index in [-0.39, 0.29) is 11.1 Å². The van der Waals surface area contributed by atoms with Crippen LogP contribution in [0.3, 0.4) is 0 Å². The Balaban J connectivity index is 1.65. The Morgan fingerprint density at radius 3 is 2.84 bits per heavy atom. The summed E-state index contributed by atoms with van der Waals surface area (Å²) in [6, 6.07) is 16.3. The van der Waals surface area contributed by atoms with Crippen molar-refractivity contribution in [2.45, 2.75) is 0 Å². The van der Waals surface area contributed by atoms with Gasteiger partial charge in [0.2, 0.25) is 0 Å². The quantitative estimate of drug-likeness (QED) is 0.572. The van der Waals surface area contributed by atoms with Crippen LogP contribution in [0.1, 0.15) is 10.4 Å². The van der Waals surface area contributed by atoms with Crippen LogP contribution in [-0.4, -0.2) is 25.5 Å². The maximum Gasteiger partial charge on any atom is 0.255 e. The second kappa shape index (κ2) is 6.33. The molecule has 3 aromatic heterocycles. The fourth-order valence-corrected chi connectivity index (χ4v) is 2.70. The molecule has 25 heavy (non-hydrogen) atoms. The van der Waals surface area contributed by atoms with E-state index in [4.69, 9.17) is 11.6 Å². The van der Waals surface area contributed by atoms with Crippen molar-refractivity contribution in [1.29, 1.82) is 0 Å². The van der Waals surface area contributed by atoms with E-state index in [9.17, 15) is 4.79 Å². The van der Waals surface area contributed by atoms with Gasteiger partial charge in [-0.25, -0.2) is 4.98 Å². The topological polar surface area (TPSA) is 72.2 Å². The number of pyridine rings is 2. The molecule has 0 aliphatic heterocycles. The maximum atomic E-state index is 12.3. The van der Waals surface area contributed by atoms with E-state index in [0.717, 1.165) is 11.2 Å². The van der Waals surface area contributed by atoms with Gasteiger partial charge in [0.25, 0.3) is 5.91 Å². The molecule has 0 atom stereocenters. The largest absolute Gasteiger partial charge is 0.322 e. The number of anilines is 1. The number of halogens is 1. The van der Waals surface area contributed by atoms with Gasteiger partial charge >= 0.3 is 0 Å². The number of benzene rings is 1. The minimum atomic E-state index is -0.257. The Kier molecular flexibility index (Phi) is 3.87. The molecule has 4 aromatic rings. The minimum Gasteiger partial charge on any atom is -0.322 e. The average Bonchev–Trinajstić information content (AvgIpc) is 3.06. The summed E-state index contributed by atoms with van der Waals surface area (Å²) in [5.41, 5.74) is 2.71. The third kappa shape index (κ3) is 3.07. The smallest absolute Gasteiger partial charge is 0.255 e. The van der Waals surface area contributed by atoms with Crippen LogP contribution in [0.15, 0.2) is 67.0 Å². The number of hydrogen-bond acceptors (Lipinski definition) is 4. The van der Waals surface area contributed by atoms with Crippen LogP contribution in [0.5, 0.6) is 0 Å². The number of nitrogens with zero attached hydrogens (tertiary/aromatic N) is 4. The molecule has 3 heterocycles. The number of nitrogens with one attached hydrogen (secondary N) is 1. The molecule has 0 unspecified atom stereocenters. The molecule has 1 aromatic carbocycles. The predicted octanol–water partition coefficient (Wildman–Crippen LogP) is 3.70. The van der Waals surface area contributed by atoms with E-state index in [2.05, 4.69) is 20.5 Å². The number of fused-ring (bicyclic) bond motifs is 1. The molecule has 1 N–H and O–H groups in total. The highest BCUT2D eigenvalue weighted by atomic mass is 35.5. The first-order valence-corrected chi connectivity index (χ1v) is 7.91. The second-order valence-corrected chi connectivity index (χ2v) is 5.74. The first-order valence-electron chi connectivity index (χ1n) is 7.54. The number of rotatable bonds is 3. The molecule has 0 aliphatic rings. The van der Waals surface area contributed by atoms with Gasteiger partial charge in [0, 0.05) is 29.2 Å². The molecule has 0 bridgehead atoms. The van der Waals surface area contributed by atoms with Gasteiger partial charge in [-0.15, -0.1) is 10.2 Å². The molecule has 4 rings (SSSR count). The lowest BCUT2D eigenvalue weighted by atomic mass is 10.1. The molecular formula is C18H12ClN5O. The molecule has 0 aliphatic carbocycles. The highest BCUT2D eigenvalue weighted by Crippen LogP contribution is 2.22. The highest BCUT2D eigenvalue weighted by molar-refractivity contribution is 6.29. The Bertz CT molecular complexity index is 1080. The number of carbonyl (C=O) groups excluding carboxylic acids is 1. The van der Waals surface area contributed by atoms with Gasteiger partial charge in [0.05, 0.1) is 0 Å². The normalized spacial score (nSPS) is 10.8. The molecule has 0 spiro atoms. The Hall–Kier alpha value is -3.25.